The molecule has 0 spiro atoms. The molecular weight excluding hydrogens is 357 g/mol. The largest absolute Gasteiger partial charge is 0.469 e. The average molecular weight is 400 g/mol. The zero-order chi connectivity index (χ0) is 19.9. The summed E-state index contributed by atoms with van der Waals surface area (Å²) in [5.41, 5.74) is 0. The Morgan fingerprint density at radius 2 is 1.12 bits per heavy atom. The highest BCUT2D eigenvalue weighted by Crippen LogP contribution is 2.35. The number of unbranched alkanes of at least 4 members (excludes halogenated alkanes) is 11. The minimum Gasteiger partial charge on any atom is -0.395 e. The van der Waals surface area contributed by atoms with E-state index in [2.05, 4.69) is 16.8 Å². The number of hydrogen-bond acceptors (Lipinski definition) is 5. The van der Waals surface area contributed by atoms with Crippen molar-refractivity contribution in [3.8, 4) is 0 Å². The maximum Gasteiger partial charge on any atom is 0.469 e. The molecule has 0 heterocycles. The van der Waals surface area contributed by atoms with Gasteiger partial charge >= 0.3 is 7.82 Å². The fraction of sp³-hybridized carbons (Fsp3) is 1.00. The lowest BCUT2D eigenvalue weighted by Gasteiger charge is -2.05. The van der Waals surface area contributed by atoms with Crippen LogP contribution in [0.1, 0.15) is 84.0 Å². The van der Waals surface area contributed by atoms with Gasteiger partial charge in [0, 0.05) is 13.1 Å². The third-order valence-corrected chi connectivity index (χ3v) is 4.35. The number of aliphatic hydroxyl groups is 2. The molecule has 0 unspecified atom stereocenters. The number of phosphoric acid groups is 1. The van der Waals surface area contributed by atoms with Crippen molar-refractivity contribution in [2.75, 3.05) is 32.9 Å². The van der Waals surface area contributed by atoms with E-state index in [4.69, 9.17) is 20.0 Å². The molecule has 0 bridgehead atoms. The van der Waals surface area contributed by atoms with Crippen LogP contribution in [0.3, 0.4) is 0 Å². The highest BCUT2D eigenvalue weighted by Gasteiger charge is 2.12. The monoisotopic (exact) mass is 399 g/mol. The van der Waals surface area contributed by atoms with Crippen LogP contribution in [0.2, 0.25) is 0 Å². The molecule has 5 N–H and O–H groups in total. The Morgan fingerprint density at radius 3 is 1.46 bits per heavy atom. The molecule has 8 heteroatoms. The summed E-state index contributed by atoms with van der Waals surface area (Å²) in [6, 6.07) is 0. The molecule has 0 aliphatic carbocycles. The summed E-state index contributed by atoms with van der Waals surface area (Å²) in [5.74, 6) is 0. The van der Waals surface area contributed by atoms with Gasteiger partial charge in [0.15, 0.2) is 0 Å². The molecule has 0 saturated heterocycles. The van der Waals surface area contributed by atoms with Gasteiger partial charge in [0.05, 0.1) is 19.8 Å². The Morgan fingerprint density at radius 1 is 0.731 bits per heavy atom. The summed E-state index contributed by atoms with van der Waals surface area (Å²) in [5, 5.41) is 19.1. The average Bonchev–Trinajstić information content (AvgIpc) is 2.59. The molecule has 0 rings (SSSR count). The van der Waals surface area contributed by atoms with Gasteiger partial charge in [0.2, 0.25) is 0 Å². The van der Waals surface area contributed by atoms with Crippen LogP contribution in [0, 0.1) is 0 Å². The molecule has 26 heavy (non-hydrogen) atoms. The molecular formula is C18H42NO6P. The van der Waals surface area contributed by atoms with Crippen LogP contribution in [0.4, 0.5) is 0 Å². The fourth-order valence-corrected chi connectivity index (χ4v) is 2.78. The van der Waals surface area contributed by atoms with E-state index in [1.54, 1.807) is 0 Å². The summed E-state index contributed by atoms with van der Waals surface area (Å²) in [6.07, 6.45) is 14.9. The lowest BCUT2D eigenvalue weighted by Crippen LogP contribution is -2.21. The van der Waals surface area contributed by atoms with Crippen LogP contribution in [0.15, 0.2) is 0 Å². The van der Waals surface area contributed by atoms with Crippen molar-refractivity contribution in [3.63, 3.8) is 0 Å². The molecule has 160 valence electrons. The van der Waals surface area contributed by atoms with Gasteiger partial charge in [-0.1, -0.05) is 77.6 Å². The topological polar surface area (TPSA) is 119 Å². The van der Waals surface area contributed by atoms with Gasteiger partial charge in [0.1, 0.15) is 0 Å². The lowest BCUT2D eigenvalue weighted by molar-refractivity contribution is 0.193. The van der Waals surface area contributed by atoms with Crippen LogP contribution < -0.4 is 5.32 Å². The summed E-state index contributed by atoms with van der Waals surface area (Å²) in [7, 11) is -4.25. The molecule has 0 radical (unpaired) electrons. The van der Waals surface area contributed by atoms with Gasteiger partial charge in [-0.3, -0.25) is 4.52 Å². The van der Waals surface area contributed by atoms with Crippen LogP contribution in [-0.2, 0) is 9.09 Å². The summed E-state index contributed by atoms with van der Waals surface area (Å²) in [4.78, 5) is 17.0. The Labute approximate surface area is 159 Å². The van der Waals surface area contributed by atoms with Crippen molar-refractivity contribution in [2.45, 2.75) is 84.0 Å². The van der Waals surface area contributed by atoms with Gasteiger partial charge in [-0.25, -0.2) is 4.57 Å². The third-order valence-electron chi connectivity index (χ3n) is 3.83. The second-order valence-corrected chi connectivity index (χ2v) is 7.65. The van der Waals surface area contributed by atoms with E-state index in [9.17, 15) is 4.57 Å². The van der Waals surface area contributed by atoms with Crippen molar-refractivity contribution < 1.29 is 29.1 Å². The van der Waals surface area contributed by atoms with E-state index >= 15 is 0 Å². The smallest absolute Gasteiger partial charge is 0.395 e. The zero-order valence-corrected chi connectivity index (χ0v) is 17.5. The van der Waals surface area contributed by atoms with Crippen molar-refractivity contribution in [1.82, 2.24) is 5.32 Å². The Kier molecular flexibility index (Phi) is 25.0. The molecule has 0 amide bonds. The Hall–Kier alpha value is -0.0100. The molecule has 0 saturated carbocycles. The first kappa shape index (κ1) is 28.2. The zero-order valence-electron chi connectivity index (χ0n) is 16.6. The quantitative estimate of drug-likeness (QED) is 0.177. The van der Waals surface area contributed by atoms with Gasteiger partial charge in [-0.2, -0.15) is 0 Å². The molecule has 0 aliphatic heterocycles. The molecule has 0 aliphatic rings. The third kappa shape index (κ3) is 31.7. The van der Waals surface area contributed by atoms with E-state index in [1.807, 2.05) is 0 Å². The second kappa shape index (κ2) is 23.0. The van der Waals surface area contributed by atoms with Crippen molar-refractivity contribution >= 4 is 7.82 Å². The van der Waals surface area contributed by atoms with Crippen molar-refractivity contribution in [1.29, 1.82) is 0 Å². The molecule has 0 atom stereocenters. The normalized spacial score (nSPS) is 11.3. The molecule has 0 aromatic rings. The number of hydrogen-bond donors (Lipinski definition) is 5. The van der Waals surface area contributed by atoms with Crippen LogP contribution in [0.25, 0.3) is 0 Å². The summed E-state index contributed by atoms with van der Waals surface area (Å²) in [6.45, 7) is 3.83. The number of nitrogens with one attached hydrogen (secondary N) is 1. The number of phosphoric ester groups is 1. The SMILES string of the molecule is CCCCCCCCCCCCCCOP(=O)(O)O.OCCNCCO. The standard InChI is InChI=1S/C14H31O4P.C4H11NO2/c1-2-3-4-5-6-7-8-9-10-11-12-13-14-18-19(15,16)17;6-3-1-5-2-4-7/h2-14H2,1H3,(H2,15,16,17);5-7H,1-4H2. The van der Waals surface area contributed by atoms with Crippen molar-refractivity contribution in [2.24, 2.45) is 0 Å². The summed E-state index contributed by atoms with van der Waals surface area (Å²) >= 11 is 0. The van der Waals surface area contributed by atoms with E-state index in [-0.39, 0.29) is 19.8 Å². The first-order valence-electron chi connectivity index (χ1n) is 10.1. The predicted octanol–water partition coefficient (Wildman–Crippen LogP) is 3.36. The van der Waals surface area contributed by atoms with E-state index < -0.39 is 7.82 Å². The predicted molar refractivity (Wildman–Crippen MR) is 106 cm³/mol. The number of aliphatic hydroxyl groups excluding tert-OH is 2. The first-order valence-corrected chi connectivity index (χ1v) is 11.6. The van der Waals surface area contributed by atoms with Crippen molar-refractivity contribution in [3.05, 3.63) is 0 Å². The van der Waals surface area contributed by atoms with Gasteiger partial charge in [-0.15, -0.1) is 0 Å². The van der Waals surface area contributed by atoms with Gasteiger partial charge in [0.25, 0.3) is 0 Å². The summed E-state index contributed by atoms with van der Waals surface area (Å²) < 4.78 is 14.8. The minimum atomic E-state index is -4.25. The van der Waals surface area contributed by atoms with E-state index in [1.165, 1.54) is 57.8 Å². The maximum atomic E-state index is 10.4. The second-order valence-electron chi connectivity index (χ2n) is 6.41. The van der Waals surface area contributed by atoms with Crippen LogP contribution >= 0.6 is 7.82 Å². The van der Waals surface area contributed by atoms with Gasteiger partial charge in [-0.05, 0) is 6.42 Å². The van der Waals surface area contributed by atoms with E-state index in [0.717, 1.165) is 19.3 Å². The lowest BCUT2D eigenvalue weighted by atomic mass is 10.1. The highest BCUT2D eigenvalue weighted by atomic mass is 31.2. The molecule has 0 fully saturated rings. The van der Waals surface area contributed by atoms with Crippen LogP contribution in [-0.4, -0.2) is 52.9 Å². The van der Waals surface area contributed by atoms with Gasteiger partial charge < -0.3 is 25.3 Å². The first-order chi connectivity index (χ1) is 12.5. The Bertz CT molecular complexity index is 297. The highest BCUT2D eigenvalue weighted by molar-refractivity contribution is 7.46. The maximum absolute atomic E-state index is 10.4. The minimum absolute atomic E-state index is 0.139. The van der Waals surface area contributed by atoms with Crippen LogP contribution in [0.5, 0.6) is 0 Å². The van der Waals surface area contributed by atoms with E-state index in [0.29, 0.717) is 13.1 Å². The molecule has 0 aromatic heterocycles. The Balaban J connectivity index is 0. The molecule has 0 aromatic carbocycles. The fourth-order valence-electron chi connectivity index (χ4n) is 2.41. The number of rotatable bonds is 18. The molecule has 7 nitrogen and oxygen atoms in total.